The minimum Gasteiger partial charge on any atom is -0.493 e. The third-order valence-electron chi connectivity index (χ3n) is 3.38. The van der Waals surface area contributed by atoms with Gasteiger partial charge in [0.1, 0.15) is 0 Å². The average molecular weight is 248 g/mol. The van der Waals surface area contributed by atoms with Crippen molar-refractivity contribution < 1.29 is 9.47 Å². The minimum absolute atomic E-state index is 0.0851. The molecule has 1 aromatic carbocycles. The van der Waals surface area contributed by atoms with Crippen molar-refractivity contribution in [2.75, 3.05) is 13.7 Å². The molecule has 1 aliphatic rings. The number of nitrogens with one attached hydrogen (secondary N) is 1. The first-order valence-electron chi connectivity index (χ1n) is 6.15. The van der Waals surface area contributed by atoms with Crippen LogP contribution in [0.1, 0.15) is 24.8 Å². The van der Waals surface area contributed by atoms with Gasteiger partial charge in [-0.15, -0.1) is 0 Å². The number of hydrogen-bond donors (Lipinski definition) is 2. The zero-order valence-electron chi connectivity index (χ0n) is 11.0. The molecule has 0 atom stereocenters. The molecule has 2 rings (SSSR count). The lowest BCUT2D eigenvalue weighted by Gasteiger charge is -2.17. The topological polar surface area (TPSA) is 68.3 Å². The first-order chi connectivity index (χ1) is 8.54. The van der Waals surface area contributed by atoms with Crippen LogP contribution in [0.2, 0.25) is 0 Å². The van der Waals surface area contributed by atoms with Crippen LogP contribution in [0.5, 0.6) is 11.5 Å². The van der Waals surface area contributed by atoms with E-state index in [0.717, 1.165) is 29.9 Å². The molecule has 0 amide bonds. The first kappa shape index (κ1) is 12.7. The predicted octanol–water partition coefficient (Wildman–Crippen LogP) is 2.49. The number of ether oxygens (including phenoxy) is 2. The van der Waals surface area contributed by atoms with Gasteiger partial charge in [0.2, 0.25) is 0 Å². The van der Waals surface area contributed by atoms with E-state index in [1.54, 1.807) is 7.11 Å². The van der Waals surface area contributed by atoms with E-state index in [1.165, 1.54) is 0 Å². The molecule has 0 radical (unpaired) electrons. The summed E-state index contributed by atoms with van der Waals surface area (Å²) in [6, 6.07) is 5.89. The second-order valence-corrected chi connectivity index (χ2v) is 5.15. The SMILES string of the molecule is COc1cc(C)ccc1OCC1(CC(=N)N)CC1. The van der Waals surface area contributed by atoms with Gasteiger partial charge in [0.25, 0.3) is 0 Å². The number of benzene rings is 1. The Morgan fingerprint density at radius 1 is 1.39 bits per heavy atom. The Bertz CT molecular complexity index is 453. The fraction of sp³-hybridized carbons (Fsp3) is 0.500. The van der Waals surface area contributed by atoms with Crippen LogP contribution in [0, 0.1) is 17.7 Å². The van der Waals surface area contributed by atoms with Gasteiger partial charge >= 0.3 is 0 Å². The molecule has 0 aliphatic heterocycles. The maximum atomic E-state index is 7.38. The highest BCUT2D eigenvalue weighted by atomic mass is 16.5. The average Bonchev–Trinajstić information content (AvgIpc) is 3.06. The van der Waals surface area contributed by atoms with Crippen LogP contribution in [0.25, 0.3) is 0 Å². The fourth-order valence-corrected chi connectivity index (χ4v) is 2.08. The van der Waals surface area contributed by atoms with E-state index < -0.39 is 0 Å². The second-order valence-electron chi connectivity index (χ2n) is 5.15. The van der Waals surface area contributed by atoms with E-state index in [4.69, 9.17) is 20.6 Å². The van der Waals surface area contributed by atoms with E-state index in [1.807, 2.05) is 25.1 Å². The monoisotopic (exact) mass is 248 g/mol. The van der Waals surface area contributed by atoms with Crippen molar-refractivity contribution in [2.24, 2.45) is 11.1 Å². The standard InChI is InChI=1S/C14H20N2O2/c1-10-3-4-11(12(7-10)17-2)18-9-14(5-6-14)8-13(15)16/h3-4,7H,5-6,8-9H2,1-2H3,(H3,15,16). The highest BCUT2D eigenvalue weighted by Gasteiger charge is 2.44. The molecule has 98 valence electrons. The summed E-state index contributed by atoms with van der Waals surface area (Å²) in [6.45, 7) is 2.62. The summed E-state index contributed by atoms with van der Waals surface area (Å²) in [5.41, 5.74) is 6.69. The third kappa shape index (κ3) is 2.94. The van der Waals surface area contributed by atoms with Gasteiger partial charge in [-0.2, -0.15) is 0 Å². The van der Waals surface area contributed by atoms with E-state index in [0.29, 0.717) is 13.0 Å². The molecule has 0 unspecified atom stereocenters. The summed E-state index contributed by atoms with van der Waals surface area (Å²) in [5.74, 6) is 1.76. The molecular formula is C14H20N2O2. The van der Waals surface area contributed by atoms with Gasteiger partial charge in [-0.05, 0) is 37.5 Å². The van der Waals surface area contributed by atoms with Crippen LogP contribution in [0.4, 0.5) is 0 Å². The molecule has 1 aromatic rings. The molecule has 1 fully saturated rings. The molecule has 1 aliphatic carbocycles. The lowest BCUT2D eigenvalue weighted by Crippen LogP contribution is -2.21. The van der Waals surface area contributed by atoms with Gasteiger partial charge in [0, 0.05) is 11.8 Å². The van der Waals surface area contributed by atoms with Crippen LogP contribution in [-0.2, 0) is 0 Å². The van der Waals surface area contributed by atoms with E-state index in [2.05, 4.69) is 0 Å². The summed E-state index contributed by atoms with van der Waals surface area (Å²) in [4.78, 5) is 0. The summed E-state index contributed by atoms with van der Waals surface area (Å²) in [7, 11) is 1.64. The number of amidine groups is 1. The zero-order chi connectivity index (χ0) is 13.2. The number of rotatable bonds is 6. The summed E-state index contributed by atoms with van der Waals surface area (Å²) < 4.78 is 11.1. The Morgan fingerprint density at radius 3 is 2.67 bits per heavy atom. The molecule has 18 heavy (non-hydrogen) atoms. The molecule has 4 nitrogen and oxygen atoms in total. The molecule has 0 heterocycles. The van der Waals surface area contributed by atoms with Crippen LogP contribution in [-0.4, -0.2) is 19.6 Å². The zero-order valence-corrected chi connectivity index (χ0v) is 11.0. The van der Waals surface area contributed by atoms with E-state index >= 15 is 0 Å². The van der Waals surface area contributed by atoms with Gasteiger partial charge in [0.05, 0.1) is 19.6 Å². The maximum Gasteiger partial charge on any atom is 0.161 e. The van der Waals surface area contributed by atoms with Crippen LogP contribution in [0.3, 0.4) is 0 Å². The van der Waals surface area contributed by atoms with Gasteiger partial charge < -0.3 is 15.2 Å². The predicted molar refractivity (Wildman–Crippen MR) is 71.4 cm³/mol. The Labute approximate surface area is 108 Å². The van der Waals surface area contributed by atoms with Crippen molar-refractivity contribution >= 4 is 5.84 Å². The summed E-state index contributed by atoms with van der Waals surface area (Å²) >= 11 is 0. The van der Waals surface area contributed by atoms with Crippen LogP contribution in [0.15, 0.2) is 18.2 Å². The molecule has 0 bridgehead atoms. The van der Waals surface area contributed by atoms with Crippen molar-refractivity contribution in [3.05, 3.63) is 23.8 Å². The summed E-state index contributed by atoms with van der Waals surface area (Å²) in [6.07, 6.45) is 2.79. The Balaban J connectivity index is 2.00. The highest BCUT2D eigenvalue weighted by Crippen LogP contribution is 2.49. The minimum atomic E-state index is 0.0851. The molecular weight excluding hydrogens is 228 g/mol. The number of methoxy groups -OCH3 is 1. The lowest BCUT2D eigenvalue weighted by molar-refractivity contribution is 0.228. The van der Waals surface area contributed by atoms with Crippen molar-refractivity contribution in [1.29, 1.82) is 5.41 Å². The van der Waals surface area contributed by atoms with E-state index in [9.17, 15) is 0 Å². The van der Waals surface area contributed by atoms with Gasteiger partial charge in [0.15, 0.2) is 11.5 Å². The van der Waals surface area contributed by atoms with Crippen molar-refractivity contribution in [3.63, 3.8) is 0 Å². The first-order valence-corrected chi connectivity index (χ1v) is 6.15. The van der Waals surface area contributed by atoms with Gasteiger partial charge in [-0.25, -0.2) is 0 Å². The number of hydrogen-bond acceptors (Lipinski definition) is 3. The molecule has 0 aromatic heterocycles. The molecule has 0 saturated heterocycles. The Morgan fingerprint density at radius 2 is 2.11 bits per heavy atom. The number of aryl methyl sites for hydroxylation is 1. The van der Waals surface area contributed by atoms with Crippen LogP contribution >= 0.6 is 0 Å². The van der Waals surface area contributed by atoms with Crippen molar-refractivity contribution in [1.82, 2.24) is 0 Å². The smallest absolute Gasteiger partial charge is 0.161 e. The quantitative estimate of drug-likeness (QED) is 0.600. The largest absolute Gasteiger partial charge is 0.493 e. The van der Waals surface area contributed by atoms with Gasteiger partial charge in [-0.1, -0.05) is 6.07 Å². The highest BCUT2D eigenvalue weighted by molar-refractivity contribution is 5.78. The third-order valence-corrected chi connectivity index (χ3v) is 3.38. The second kappa shape index (κ2) is 4.88. The van der Waals surface area contributed by atoms with E-state index in [-0.39, 0.29) is 11.3 Å². The Hall–Kier alpha value is -1.71. The molecule has 4 heteroatoms. The fourth-order valence-electron chi connectivity index (χ4n) is 2.08. The Kier molecular flexibility index (Phi) is 3.45. The molecule has 3 N–H and O–H groups in total. The van der Waals surface area contributed by atoms with Crippen LogP contribution < -0.4 is 15.2 Å². The molecule has 1 saturated carbocycles. The van der Waals surface area contributed by atoms with Crippen molar-refractivity contribution in [2.45, 2.75) is 26.2 Å². The van der Waals surface area contributed by atoms with Crippen molar-refractivity contribution in [3.8, 4) is 11.5 Å². The molecule has 0 spiro atoms. The normalized spacial score (nSPS) is 16.1. The number of nitrogens with two attached hydrogens (primary N) is 1. The maximum absolute atomic E-state index is 7.38. The lowest BCUT2D eigenvalue weighted by atomic mass is 10.0. The van der Waals surface area contributed by atoms with Gasteiger partial charge in [-0.3, -0.25) is 5.41 Å². The summed E-state index contributed by atoms with van der Waals surface area (Å²) in [5, 5.41) is 7.38.